The number of hydrogen-bond donors (Lipinski definition) is 1. The summed E-state index contributed by atoms with van der Waals surface area (Å²) in [5, 5.41) is 2.85. The molecule has 1 amide bonds. The third-order valence-electron chi connectivity index (χ3n) is 4.68. The van der Waals surface area contributed by atoms with Crippen molar-refractivity contribution in [1.82, 2.24) is 5.32 Å². The van der Waals surface area contributed by atoms with Gasteiger partial charge in [-0.05, 0) is 55.2 Å². The lowest BCUT2D eigenvalue weighted by Crippen LogP contribution is -2.41. The molecule has 0 aliphatic heterocycles. The third-order valence-corrected chi connectivity index (χ3v) is 6.89. The van der Waals surface area contributed by atoms with Gasteiger partial charge in [0.1, 0.15) is 6.54 Å². The molecule has 7 heteroatoms. The SMILES string of the molecule is Cc1ccccc1CSCCCNC(=O)CN(c1c(C)cccc1C)S(C)(=O)=O. The maximum absolute atomic E-state index is 12.4. The lowest BCUT2D eigenvalue weighted by molar-refractivity contribution is -0.119. The summed E-state index contributed by atoms with van der Waals surface area (Å²) in [6, 6.07) is 13.9. The van der Waals surface area contributed by atoms with Crippen LogP contribution in [-0.2, 0) is 20.6 Å². The van der Waals surface area contributed by atoms with Gasteiger partial charge >= 0.3 is 0 Å². The number of anilines is 1. The van der Waals surface area contributed by atoms with E-state index in [1.165, 1.54) is 15.4 Å². The molecule has 1 N–H and O–H groups in total. The Labute approximate surface area is 178 Å². The molecule has 158 valence electrons. The molecule has 29 heavy (non-hydrogen) atoms. The van der Waals surface area contributed by atoms with Crippen LogP contribution >= 0.6 is 11.8 Å². The molecule has 0 radical (unpaired) electrons. The van der Waals surface area contributed by atoms with Gasteiger partial charge in [0, 0.05) is 12.3 Å². The predicted octanol–water partition coefficient (Wildman–Crippen LogP) is 3.82. The van der Waals surface area contributed by atoms with E-state index in [4.69, 9.17) is 0 Å². The molecule has 0 fully saturated rings. The van der Waals surface area contributed by atoms with Gasteiger partial charge in [-0.3, -0.25) is 9.10 Å². The summed E-state index contributed by atoms with van der Waals surface area (Å²) >= 11 is 1.83. The third kappa shape index (κ3) is 7.08. The Morgan fingerprint density at radius 3 is 2.24 bits per heavy atom. The zero-order valence-electron chi connectivity index (χ0n) is 17.6. The highest BCUT2D eigenvalue weighted by Gasteiger charge is 2.23. The Balaban J connectivity index is 1.83. The molecular weight excluding hydrogens is 404 g/mol. The second-order valence-corrected chi connectivity index (χ2v) is 10.2. The summed E-state index contributed by atoms with van der Waals surface area (Å²) in [7, 11) is -3.56. The van der Waals surface area contributed by atoms with Gasteiger partial charge in [-0.15, -0.1) is 0 Å². The van der Waals surface area contributed by atoms with Crippen LogP contribution in [0.1, 0.15) is 28.7 Å². The molecule has 0 aliphatic carbocycles. The molecule has 0 heterocycles. The number of carbonyl (C=O) groups excluding carboxylic acids is 1. The molecule has 2 rings (SSSR count). The van der Waals surface area contributed by atoms with Crippen molar-refractivity contribution >= 4 is 33.4 Å². The Kier molecular flexibility index (Phi) is 8.59. The van der Waals surface area contributed by atoms with Crippen molar-refractivity contribution in [2.24, 2.45) is 0 Å². The summed E-state index contributed by atoms with van der Waals surface area (Å²) in [4.78, 5) is 12.4. The summed E-state index contributed by atoms with van der Waals surface area (Å²) in [5.74, 6) is 1.60. The van der Waals surface area contributed by atoms with Gasteiger partial charge in [0.2, 0.25) is 15.9 Å². The zero-order chi connectivity index (χ0) is 21.4. The van der Waals surface area contributed by atoms with Crippen LogP contribution in [0.15, 0.2) is 42.5 Å². The average molecular weight is 435 g/mol. The van der Waals surface area contributed by atoms with E-state index >= 15 is 0 Å². The van der Waals surface area contributed by atoms with Crippen molar-refractivity contribution < 1.29 is 13.2 Å². The van der Waals surface area contributed by atoms with Gasteiger partial charge in [-0.25, -0.2) is 8.42 Å². The van der Waals surface area contributed by atoms with Crippen LogP contribution < -0.4 is 9.62 Å². The molecule has 0 bridgehead atoms. The van der Waals surface area contributed by atoms with E-state index in [0.717, 1.165) is 35.3 Å². The van der Waals surface area contributed by atoms with Gasteiger partial charge in [0.25, 0.3) is 0 Å². The van der Waals surface area contributed by atoms with E-state index < -0.39 is 10.0 Å². The fourth-order valence-corrected chi connectivity index (χ4v) is 5.11. The monoisotopic (exact) mass is 434 g/mol. The van der Waals surface area contributed by atoms with Crippen LogP contribution in [0.2, 0.25) is 0 Å². The molecular formula is C22H30N2O3S2. The van der Waals surface area contributed by atoms with Gasteiger partial charge < -0.3 is 5.32 Å². The number of aryl methyl sites for hydroxylation is 3. The van der Waals surface area contributed by atoms with Crippen molar-refractivity contribution in [2.45, 2.75) is 32.9 Å². The Morgan fingerprint density at radius 2 is 1.62 bits per heavy atom. The number of nitrogens with one attached hydrogen (secondary N) is 1. The molecule has 0 unspecified atom stereocenters. The first-order valence-electron chi connectivity index (χ1n) is 9.63. The second kappa shape index (κ2) is 10.7. The van der Waals surface area contributed by atoms with Crippen LogP contribution in [0.5, 0.6) is 0 Å². The number of nitrogens with zero attached hydrogens (tertiary/aromatic N) is 1. The highest BCUT2D eigenvalue weighted by molar-refractivity contribution is 7.98. The van der Waals surface area contributed by atoms with Crippen molar-refractivity contribution in [3.8, 4) is 0 Å². The number of carbonyl (C=O) groups is 1. The quantitative estimate of drug-likeness (QED) is 0.578. The van der Waals surface area contributed by atoms with Crippen molar-refractivity contribution in [2.75, 3.05) is 29.4 Å². The first kappa shape index (κ1) is 23.3. The van der Waals surface area contributed by atoms with Crippen molar-refractivity contribution in [3.05, 3.63) is 64.7 Å². The highest BCUT2D eigenvalue weighted by Crippen LogP contribution is 2.26. The molecule has 0 saturated heterocycles. The minimum Gasteiger partial charge on any atom is -0.354 e. The first-order valence-corrected chi connectivity index (χ1v) is 12.6. The fourth-order valence-electron chi connectivity index (χ4n) is 3.10. The summed E-state index contributed by atoms with van der Waals surface area (Å²) < 4.78 is 25.8. The topological polar surface area (TPSA) is 66.5 Å². The Morgan fingerprint density at radius 1 is 1.00 bits per heavy atom. The van der Waals surface area contributed by atoms with Crippen LogP contribution in [0, 0.1) is 20.8 Å². The van der Waals surface area contributed by atoms with Crippen LogP contribution in [-0.4, -0.2) is 39.4 Å². The number of sulfonamides is 1. The molecule has 0 atom stereocenters. The lowest BCUT2D eigenvalue weighted by atomic mass is 10.1. The molecule has 2 aromatic rings. The number of para-hydroxylation sites is 1. The van der Waals surface area contributed by atoms with Crippen LogP contribution in [0.3, 0.4) is 0 Å². The predicted molar refractivity (Wildman–Crippen MR) is 123 cm³/mol. The number of benzene rings is 2. The van der Waals surface area contributed by atoms with Gasteiger partial charge in [-0.1, -0.05) is 42.5 Å². The largest absolute Gasteiger partial charge is 0.354 e. The number of rotatable bonds is 10. The molecule has 2 aromatic carbocycles. The van der Waals surface area contributed by atoms with E-state index in [-0.39, 0.29) is 12.5 Å². The number of amides is 1. The van der Waals surface area contributed by atoms with E-state index in [0.29, 0.717) is 12.2 Å². The Bertz CT molecular complexity index is 923. The maximum atomic E-state index is 12.4. The fraction of sp³-hybridized carbons (Fsp3) is 0.409. The van der Waals surface area contributed by atoms with Gasteiger partial charge in [0.15, 0.2) is 0 Å². The molecule has 0 aromatic heterocycles. The van der Waals surface area contributed by atoms with Gasteiger partial charge in [-0.2, -0.15) is 11.8 Å². The molecule has 0 spiro atoms. The van der Waals surface area contributed by atoms with E-state index in [2.05, 4.69) is 24.4 Å². The van der Waals surface area contributed by atoms with Crippen LogP contribution in [0.4, 0.5) is 5.69 Å². The van der Waals surface area contributed by atoms with Crippen LogP contribution in [0.25, 0.3) is 0 Å². The maximum Gasteiger partial charge on any atom is 0.240 e. The summed E-state index contributed by atoms with van der Waals surface area (Å²) in [5.41, 5.74) is 4.87. The normalized spacial score (nSPS) is 11.3. The summed E-state index contributed by atoms with van der Waals surface area (Å²) in [6.07, 6.45) is 1.97. The Hall–Kier alpha value is -1.99. The van der Waals surface area contributed by atoms with E-state index in [9.17, 15) is 13.2 Å². The second-order valence-electron chi connectivity index (χ2n) is 7.19. The first-order chi connectivity index (χ1) is 13.7. The molecule has 0 saturated carbocycles. The van der Waals surface area contributed by atoms with E-state index in [1.54, 1.807) is 0 Å². The minimum atomic E-state index is -3.56. The number of thioether (sulfide) groups is 1. The lowest BCUT2D eigenvalue weighted by Gasteiger charge is -2.25. The molecule has 5 nitrogen and oxygen atoms in total. The van der Waals surface area contributed by atoms with E-state index in [1.807, 2.05) is 55.9 Å². The zero-order valence-corrected chi connectivity index (χ0v) is 19.2. The molecule has 0 aliphatic rings. The smallest absolute Gasteiger partial charge is 0.240 e. The van der Waals surface area contributed by atoms with Crippen molar-refractivity contribution in [1.29, 1.82) is 0 Å². The summed E-state index contributed by atoms with van der Waals surface area (Å²) in [6.45, 7) is 6.14. The van der Waals surface area contributed by atoms with Crippen molar-refractivity contribution in [3.63, 3.8) is 0 Å². The van der Waals surface area contributed by atoms with Gasteiger partial charge in [0.05, 0.1) is 11.9 Å². The average Bonchev–Trinajstić information content (AvgIpc) is 2.64. The minimum absolute atomic E-state index is 0.207. The number of hydrogen-bond acceptors (Lipinski definition) is 4. The standard InChI is InChI=1S/C22H30N2O3S2/c1-17-9-5-6-12-20(17)16-28-14-8-13-23-21(25)15-24(29(4,26)27)22-18(2)10-7-11-19(22)3/h5-7,9-12H,8,13-16H2,1-4H3,(H,23,25). The highest BCUT2D eigenvalue weighted by atomic mass is 32.2.